The molecule has 0 bridgehead atoms. The van der Waals surface area contributed by atoms with Crippen LogP contribution >= 0.6 is 23.2 Å². The summed E-state index contributed by atoms with van der Waals surface area (Å²) in [7, 11) is 0. The smallest absolute Gasteiger partial charge is 0.153 e. The van der Waals surface area contributed by atoms with E-state index in [2.05, 4.69) is 0 Å². The Morgan fingerprint density at radius 3 is 2.24 bits per heavy atom. The zero-order valence-corrected chi connectivity index (χ0v) is 11.8. The first kappa shape index (κ1) is 14.0. The van der Waals surface area contributed by atoms with Crippen molar-refractivity contribution in [2.75, 3.05) is 0 Å². The lowest BCUT2D eigenvalue weighted by atomic mass is 10.2. The maximum Gasteiger partial charge on any atom is 0.153 e. The standard InChI is InChI=1S/C14H7Cl2F2NO2/c15-12-10(21)2-1-6-5-19(14(16)11(6)12)13-8(17)3-7(20)4-9(13)18/h1-5,20-21H. The molecule has 3 rings (SSSR count). The molecular weight excluding hydrogens is 323 g/mol. The normalized spacial score (nSPS) is 11.2. The largest absolute Gasteiger partial charge is 0.508 e. The van der Waals surface area contributed by atoms with Gasteiger partial charge in [0.1, 0.15) is 22.3 Å². The second-order valence-corrected chi connectivity index (χ2v) is 5.15. The average Bonchev–Trinajstić information content (AvgIpc) is 2.71. The SMILES string of the molecule is Oc1cc(F)c(-n2cc3ccc(O)c(Cl)c3c2Cl)c(F)c1. The summed E-state index contributed by atoms with van der Waals surface area (Å²) in [4.78, 5) is 0. The third-order valence-electron chi connectivity index (χ3n) is 3.08. The topological polar surface area (TPSA) is 45.4 Å². The van der Waals surface area contributed by atoms with Crippen molar-refractivity contribution in [2.45, 2.75) is 0 Å². The van der Waals surface area contributed by atoms with Gasteiger partial charge < -0.3 is 14.8 Å². The Morgan fingerprint density at radius 1 is 1.00 bits per heavy atom. The molecule has 0 atom stereocenters. The van der Waals surface area contributed by atoms with Gasteiger partial charge in [-0.05, 0) is 12.1 Å². The number of benzene rings is 2. The molecule has 2 aromatic carbocycles. The Morgan fingerprint density at radius 2 is 1.62 bits per heavy atom. The number of rotatable bonds is 1. The molecule has 0 saturated heterocycles. The van der Waals surface area contributed by atoms with E-state index >= 15 is 0 Å². The Balaban J connectivity index is 2.37. The fraction of sp³-hybridized carbons (Fsp3) is 0. The monoisotopic (exact) mass is 329 g/mol. The van der Waals surface area contributed by atoms with E-state index in [1.54, 1.807) is 0 Å². The number of halogens is 4. The van der Waals surface area contributed by atoms with Gasteiger partial charge in [0.15, 0.2) is 11.6 Å². The molecule has 0 spiro atoms. The lowest BCUT2D eigenvalue weighted by molar-refractivity contribution is 0.459. The van der Waals surface area contributed by atoms with Gasteiger partial charge in [0.05, 0.1) is 5.02 Å². The third kappa shape index (κ3) is 2.09. The first-order chi connectivity index (χ1) is 9.90. The van der Waals surface area contributed by atoms with Crippen LogP contribution in [0.2, 0.25) is 10.2 Å². The lowest BCUT2D eigenvalue weighted by Gasteiger charge is -2.08. The predicted octanol–water partition coefficient (Wildman–Crippen LogP) is 4.63. The van der Waals surface area contributed by atoms with E-state index in [-0.39, 0.29) is 21.3 Å². The van der Waals surface area contributed by atoms with Crippen molar-refractivity contribution in [2.24, 2.45) is 0 Å². The Hall–Kier alpha value is -1.98. The number of hydrogen-bond acceptors (Lipinski definition) is 2. The third-order valence-corrected chi connectivity index (χ3v) is 3.84. The molecule has 21 heavy (non-hydrogen) atoms. The molecule has 0 fully saturated rings. The number of fused-ring (bicyclic) bond motifs is 1. The van der Waals surface area contributed by atoms with Crippen LogP contribution in [0.25, 0.3) is 16.5 Å². The average molecular weight is 330 g/mol. The molecule has 3 aromatic rings. The summed E-state index contributed by atoms with van der Waals surface area (Å²) in [6.07, 6.45) is 1.39. The molecular formula is C14H7Cl2F2NO2. The molecule has 108 valence electrons. The van der Waals surface area contributed by atoms with Gasteiger partial charge in [-0.3, -0.25) is 0 Å². The fourth-order valence-corrected chi connectivity index (χ4v) is 2.81. The summed E-state index contributed by atoms with van der Waals surface area (Å²) in [5.74, 6) is -2.67. The minimum Gasteiger partial charge on any atom is -0.508 e. The van der Waals surface area contributed by atoms with Crippen molar-refractivity contribution in [3.63, 3.8) is 0 Å². The van der Waals surface area contributed by atoms with Gasteiger partial charge in [-0.15, -0.1) is 0 Å². The second-order valence-electron chi connectivity index (χ2n) is 4.41. The summed E-state index contributed by atoms with van der Waals surface area (Å²) in [5.41, 5.74) is -0.440. The summed E-state index contributed by atoms with van der Waals surface area (Å²) in [5, 5.41) is 19.5. The number of aromatic nitrogens is 1. The number of hydrogen-bond donors (Lipinski definition) is 2. The van der Waals surface area contributed by atoms with Crippen LogP contribution in [0.1, 0.15) is 0 Å². The van der Waals surface area contributed by atoms with E-state index in [0.29, 0.717) is 5.39 Å². The van der Waals surface area contributed by atoms with Gasteiger partial charge >= 0.3 is 0 Å². The van der Waals surface area contributed by atoms with Gasteiger partial charge in [0, 0.05) is 29.1 Å². The lowest BCUT2D eigenvalue weighted by Crippen LogP contribution is -2.00. The van der Waals surface area contributed by atoms with E-state index < -0.39 is 23.1 Å². The maximum atomic E-state index is 13.9. The quantitative estimate of drug-likeness (QED) is 0.683. The van der Waals surface area contributed by atoms with E-state index in [9.17, 15) is 19.0 Å². The Bertz CT molecular complexity index is 854. The highest BCUT2D eigenvalue weighted by molar-refractivity contribution is 6.43. The van der Waals surface area contributed by atoms with Crippen molar-refractivity contribution >= 4 is 34.0 Å². The van der Waals surface area contributed by atoms with Gasteiger partial charge in [-0.1, -0.05) is 23.2 Å². The Kier molecular flexibility index (Phi) is 3.19. The van der Waals surface area contributed by atoms with Crippen molar-refractivity contribution in [3.05, 3.63) is 52.3 Å². The van der Waals surface area contributed by atoms with E-state index in [0.717, 1.165) is 16.7 Å². The molecule has 0 aliphatic heterocycles. The molecule has 0 unspecified atom stereocenters. The van der Waals surface area contributed by atoms with E-state index in [1.165, 1.54) is 18.3 Å². The molecule has 3 nitrogen and oxygen atoms in total. The predicted molar refractivity (Wildman–Crippen MR) is 76.5 cm³/mol. The summed E-state index contributed by atoms with van der Waals surface area (Å²) in [6, 6.07) is 4.43. The number of nitrogens with zero attached hydrogens (tertiary/aromatic N) is 1. The summed E-state index contributed by atoms with van der Waals surface area (Å²) in [6.45, 7) is 0. The van der Waals surface area contributed by atoms with E-state index in [1.807, 2.05) is 0 Å². The van der Waals surface area contributed by atoms with Crippen molar-refractivity contribution in [3.8, 4) is 17.2 Å². The van der Waals surface area contributed by atoms with Crippen LogP contribution in [0.15, 0.2) is 30.5 Å². The minimum atomic E-state index is -0.977. The summed E-state index contributed by atoms with van der Waals surface area (Å²) < 4.78 is 28.9. The maximum absolute atomic E-state index is 13.9. The molecule has 0 aliphatic carbocycles. The van der Waals surface area contributed by atoms with Gasteiger partial charge in [-0.25, -0.2) is 8.78 Å². The van der Waals surface area contributed by atoms with Crippen LogP contribution in [0, 0.1) is 11.6 Å². The molecule has 0 aliphatic rings. The van der Waals surface area contributed by atoms with E-state index in [4.69, 9.17) is 23.2 Å². The van der Waals surface area contributed by atoms with Crippen LogP contribution < -0.4 is 0 Å². The van der Waals surface area contributed by atoms with Crippen LogP contribution in [0.3, 0.4) is 0 Å². The molecule has 2 N–H and O–H groups in total. The van der Waals surface area contributed by atoms with Gasteiger partial charge in [-0.2, -0.15) is 0 Å². The number of phenols is 2. The van der Waals surface area contributed by atoms with Gasteiger partial charge in [0.25, 0.3) is 0 Å². The highest BCUT2D eigenvalue weighted by Crippen LogP contribution is 2.39. The van der Waals surface area contributed by atoms with Crippen LogP contribution in [-0.4, -0.2) is 14.8 Å². The molecule has 1 aromatic heterocycles. The van der Waals surface area contributed by atoms with Crippen molar-refractivity contribution in [1.29, 1.82) is 0 Å². The minimum absolute atomic E-state index is 0.00385. The first-order valence-electron chi connectivity index (χ1n) is 5.76. The zero-order valence-electron chi connectivity index (χ0n) is 10.2. The highest BCUT2D eigenvalue weighted by atomic mass is 35.5. The Labute approximate surface area is 127 Å². The van der Waals surface area contributed by atoms with Crippen LogP contribution in [0.4, 0.5) is 8.78 Å². The zero-order chi connectivity index (χ0) is 15.3. The summed E-state index contributed by atoms with van der Waals surface area (Å²) >= 11 is 12.1. The first-order valence-corrected chi connectivity index (χ1v) is 6.52. The molecule has 0 amide bonds. The number of aromatic hydroxyl groups is 2. The molecule has 0 saturated carbocycles. The fourth-order valence-electron chi connectivity index (χ4n) is 2.16. The molecule has 0 radical (unpaired) electrons. The van der Waals surface area contributed by atoms with Gasteiger partial charge in [0.2, 0.25) is 0 Å². The molecule has 7 heteroatoms. The highest BCUT2D eigenvalue weighted by Gasteiger charge is 2.19. The van der Waals surface area contributed by atoms with Crippen LogP contribution in [0.5, 0.6) is 11.5 Å². The number of phenolic OH excluding ortho intramolecular Hbond substituents is 2. The van der Waals surface area contributed by atoms with Crippen molar-refractivity contribution in [1.82, 2.24) is 4.57 Å². The second kappa shape index (κ2) is 4.79. The van der Waals surface area contributed by atoms with Crippen molar-refractivity contribution < 1.29 is 19.0 Å². The molecule has 1 heterocycles. The van der Waals surface area contributed by atoms with Crippen LogP contribution in [-0.2, 0) is 0 Å².